The highest BCUT2D eigenvalue weighted by Gasteiger charge is 2.33. The lowest BCUT2D eigenvalue weighted by molar-refractivity contribution is 0.0544. The molecule has 0 spiro atoms. The Morgan fingerprint density at radius 2 is 1.52 bits per heavy atom. The van der Waals surface area contributed by atoms with Gasteiger partial charge in [0.15, 0.2) is 0 Å². The summed E-state index contributed by atoms with van der Waals surface area (Å²) < 4.78 is 31.5. The van der Waals surface area contributed by atoms with Crippen molar-refractivity contribution in [3.05, 3.63) is 119 Å². The molecule has 0 radical (unpaired) electrons. The van der Waals surface area contributed by atoms with Crippen LogP contribution in [0.5, 0.6) is 0 Å². The number of amides is 3. The van der Waals surface area contributed by atoms with Crippen molar-refractivity contribution in [2.45, 2.75) is 76.4 Å². The number of aromatic nitrogens is 2. The standard InChI is InChI=1S/C48H59N7O6S/c1-4-6-22-53(23-7-5-2)48(59)44-33-54(24-12-21-52-27-25-51(3)26-28-52)45(49-44)42-20-18-38(46(57)50-62(60,61)41-19-17-35-13-8-9-15-37(35)30-41)31-43(42)47(58)55-32-39-16-11-10-14-36(39)29-40(55)34-56/h8-11,13-20,30-31,33,40,56H,4-7,12,21-29,32,34H2,1-3H3,(H,50,57)/t40-/m0/s1. The lowest BCUT2D eigenvalue weighted by atomic mass is 9.92. The monoisotopic (exact) mass is 861 g/mol. The number of nitrogens with zero attached hydrogens (tertiary/aromatic N) is 6. The first-order chi connectivity index (χ1) is 30.0. The van der Waals surface area contributed by atoms with Crippen molar-refractivity contribution in [2.75, 3.05) is 59.5 Å². The first kappa shape index (κ1) is 44.6. The molecule has 5 aromatic rings. The summed E-state index contributed by atoms with van der Waals surface area (Å²) in [5.41, 5.74) is 2.71. The average Bonchev–Trinajstić information content (AvgIpc) is 3.72. The predicted molar refractivity (Wildman–Crippen MR) is 241 cm³/mol. The maximum atomic E-state index is 15.1. The topological polar surface area (TPSA) is 148 Å². The summed E-state index contributed by atoms with van der Waals surface area (Å²) in [6.45, 7) is 10.6. The number of aryl methyl sites for hydroxylation is 1. The zero-order chi connectivity index (χ0) is 43.8. The third-order valence-electron chi connectivity index (χ3n) is 12.2. The smallest absolute Gasteiger partial charge is 0.274 e. The molecule has 1 atom stereocenters. The van der Waals surface area contributed by atoms with Crippen molar-refractivity contribution >= 4 is 38.5 Å². The van der Waals surface area contributed by atoms with Gasteiger partial charge in [-0.25, -0.2) is 18.1 Å². The van der Waals surface area contributed by atoms with Crippen LogP contribution >= 0.6 is 0 Å². The molecule has 2 aliphatic rings. The number of aliphatic hydroxyl groups excluding tert-OH is 1. The molecule has 13 nitrogen and oxygen atoms in total. The molecule has 1 aromatic heterocycles. The zero-order valence-corrected chi connectivity index (χ0v) is 36.9. The Kier molecular flexibility index (Phi) is 14.5. The number of hydrogen-bond acceptors (Lipinski definition) is 9. The van der Waals surface area contributed by atoms with Gasteiger partial charge >= 0.3 is 0 Å². The largest absolute Gasteiger partial charge is 0.394 e. The van der Waals surface area contributed by atoms with E-state index in [0.717, 1.165) is 81.3 Å². The number of aliphatic hydroxyl groups is 1. The van der Waals surface area contributed by atoms with Gasteiger partial charge in [0.25, 0.3) is 27.7 Å². The summed E-state index contributed by atoms with van der Waals surface area (Å²) in [6, 6.07) is 23.8. The Balaban J connectivity index is 1.29. The number of sulfonamides is 1. The van der Waals surface area contributed by atoms with Gasteiger partial charge < -0.3 is 29.3 Å². The Labute approximate surface area is 365 Å². The van der Waals surface area contributed by atoms with Crippen LogP contribution in [0.15, 0.2) is 96.0 Å². The second kappa shape index (κ2) is 20.2. The van der Waals surface area contributed by atoms with Crippen LogP contribution < -0.4 is 4.72 Å². The Morgan fingerprint density at radius 1 is 0.823 bits per heavy atom. The summed E-state index contributed by atoms with van der Waals surface area (Å²) in [6.07, 6.45) is 6.57. The molecule has 1 saturated heterocycles. The van der Waals surface area contributed by atoms with E-state index < -0.39 is 27.9 Å². The summed E-state index contributed by atoms with van der Waals surface area (Å²) in [4.78, 5) is 56.4. The highest BCUT2D eigenvalue weighted by molar-refractivity contribution is 7.90. The van der Waals surface area contributed by atoms with Crippen LogP contribution in [0.4, 0.5) is 0 Å². The number of fused-ring (bicyclic) bond motifs is 2. The maximum absolute atomic E-state index is 15.1. The van der Waals surface area contributed by atoms with Gasteiger partial charge in [0.2, 0.25) is 0 Å². The molecule has 1 fully saturated rings. The summed E-state index contributed by atoms with van der Waals surface area (Å²) in [5, 5.41) is 12.2. The van der Waals surface area contributed by atoms with Gasteiger partial charge in [-0.3, -0.25) is 14.4 Å². The van der Waals surface area contributed by atoms with Crippen molar-refractivity contribution < 1.29 is 27.9 Å². The third-order valence-corrected chi connectivity index (χ3v) is 13.5. The van der Waals surface area contributed by atoms with Gasteiger partial charge in [0, 0.05) is 69.7 Å². The van der Waals surface area contributed by atoms with Gasteiger partial charge in [-0.2, -0.15) is 0 Å². The molecule has 3 amide bonds. The Bertz CT molecular complexity index is 2490. The molecule has 4 aromatic carbocycles. The molecule has 14 heteroatoms. The Morgan fingerprint density at radius 3 is 2.23 bits per heavy atom. The number of rotatable bonds is 17. The second-order valence-corrected chi connectivity index (χ2v) is 18.3. The van der Waals surface area contributed by atoms with Gasteiger partial charge in [-0.05, 0) is 91.5 Å². The minimum Gasteiger partial charge on any atom is -0.394 e. The SMILES string of the molecule is CCCCN(CCCC)C(=O)c1cn(CCCN2CCN(C)CC2)c(-c2ccc(C(=O)NS(=O)(=O)c3ccc4ccccc4c3)cc2C(=O)N2Cc3ccccc3C[C@H]2CO)n1. The van der Waals surface area contributed by atoms with Crippen molar-refractivity contribution in [1.29, 1.82) is 0 Å². The highest BCUT2D eigenvalue weighted by atomic mass is 32.2. The number of benzene rings is 4. The van der Waals surface area contributed by atoms with Crippen LogP contribution in [0.3, 0.4) is 0 Å². The summed E-state index contributed by atoms with van der Waals surface area (Å²) in [5.74, 6) is -1.14. The van der Waals surface area contributed by atoms with Gasteiger partial charge in [0.05, 0.1) is 23.1 Å². The van der Waals surface area contributed by atoms with E-state index in [1.807, 2.05) is 51.9 Å². The van der Waals surface area contributed by atoms with Crippen LogP contribution in [0.25, 0.3) is 22.2 Å². The number of nitrogens with one attached hydrogen (secondary N) is 1. The fraction of sp³-hybridized carbons (Fsp3) is 0.417. The molecular formula is C48H59N7O6S. The van der Waals surface area contributed by atoms with E-state index in [9.17, 15) is 23.1 Å². The maximum Gasteiger partial charge on any atom is 0.274 e. The van der Waals surface area contributed by atoms with Crippen molar-refractivity contribution in [1.82, 2.24) is 33.9 Å². The summed E-state index contributed by atoms with van der Waals surface area (Å²) >= 11 is 0. The molecule has 0 bridgehead atoms. The van der Waals surface area contributed by atoms with E-state index in [1.54, 1.807) is 29.3 Å². The fourth-order valence-electron chi connectivity index (χ4n) is 8.39. The zero-order valence-electron chi connectivity index (χ0n) is 36.1. The minimum atomic E-state index is -4.31. The first-order valence-electron chi connectivity index (χ1n) is 22.0. The van der Waals surface area contributed by atoms with Crippen molar-refractivity contribution in [3.63, 3.8) is 0 Å². The third kappa shape index (κ3) is 10.3. The lowest BCUT2D eigenvalue weighted by Gasteiger charge is -2.36. The normalized spacial score (nSPS) is 16.0. The average molecular weight is 862 g/mol. The molecule has 62 heavy (non-hydrogen) atoms. The fourth-order valence-corrected chi connectivity index (χ4v) is 9.40. The van der Waals surface area contributed by atoms with Gasteiger partial charge in [-0.15, -0.1) is 0 Å². The molecule has 0 unspecified atom stereocenters. The van der Waals surface area contributed by atoms with E-state index in [4.69, 9.17) is 4.98 Å². The van der Waals surface area contributed by atoms with E-state index in [0.29, 0.717) is 42.8 Å². The molecule has 7 rings (SSSR count). The van der Waals surface area contributed by atoms with Crippen LogP contribution in [0.2, 0.25) is 0 Å². The first-order valence-corrected chi connectivity index (χ1v) is 23.4. The van der Waals surface area contributed by atoms with Crippen molar-refractivity contribution in [2.24, 2.45) is 0 Å². The highest BCUT2D eigenvalue weighted by Crippen LogP contribution is 2.31. The molecule has 328 valence electrons. The van der Waals surface area contributed by atoms with E-state index >= 15 is 4.79 Å². The molecule has 0 saturated carbocycles. The van der Waals surface area contributed by atoms with Crippen LogP contribution in [-0.2, 0) is 29.5 Å². The summed E-state index contributed by atoms with van der Waals surface area (Å²) in [7, 11) is -2.19. The number of likely N-dealkylation sites (N-methyl/N-ethyl adjacent to an activating group) is 1. The van der Waals surface area contributed by atoms with Crippen molar-refractivity contribution in [3.8, 4) is 11.4 Å². The van der Waals surface area contributed by atoms with E-state index in [-0.39, 0.29) is 40.8 Å². The molecule has 2 aliphatic heterocycles. The number of carbonyl (C=O) groups excluding carboxylic acids is 3. The predicted octanol–water partition coefficient (Wildman–Crippen LogP) is 6.06. The minimum absolute atomic E-state index is 0.0470. The number of carbonyl (C=O) groups is 3. The van der Waals surface area contributed by atoms with Crippen LogP contribution in [0, 0.1) is 0 Å². The van der Waals surface area contributed by atoms with Gasteiger partial charge in [0.1, 0.15) is 11.5 Å². The van der Waals surface area contributed by atoms with Crippen LogP contribution in [-0.4, -0.2) is 126 Å². The second-order valence-electron chi connectivity index (χ2n) is 16.6. The molecule has 0 aliphatic carbocycles. The Hall–Kier alpha value is -5.41. The van der Waals surface area contributed by atoms with E-state index in [2.05, 4.69) is 35.4 Å². The molecule has 2 N–H and O–H groups in total. The quantitative estimate of drug-likeness (QED) is 0.114. The molecule has 3 heterocycles. The lowest BCUT2D eigenvalue weighted by Crippen LogP contribution is -2.46. The molecular weight excluding hydrogens is 803 g/mol. The van der Waals surface area contributed by atoms with Gasteiger partial charge in [-0.1, -0.05) is 81.3 Å². The number of imidazole rings is 1. The number of piperazine rings is 1. The number of hydrogen-bond donors (Lipinski definition) is 2. The van der Waals surface area contributed by atoms with E-state index in [1.165, 1.54) is 24.3 Å². The number of unbranched alkanes of at least 4 members (excludes halogenated alkanes) is 2. The van der Waals surface area contributed by atoms with Crippen LogP contribution in [0.1, 0.15) is 88.3 Å².